The molecule has 8 nitrogen and oxygen atoms in total. The molecule has 1 aliphatic heterocycles. The van der Waals surface area contributed by atoms with E-state index in [-0.39, 0.29) is 23.6 Å². The van der Waals surface area contributed by atoms with Crippen molar-refractivity contribution in [3.05, 3.63) is 59.7 Å². The Labute approximate surface area is 202 Å². The summed E-state index contributed by atoms with van der Waals surface area (Å²) in [4.78, 5) is 12.7. The number of aromatic nitrogens is 3. The molecule has 10 heteroatoms. The maximum absolute atomic E-state index is 13.2. The fraction of sp³-hybridized carbons (Fsp3) is 0.375. The number of carbonyl (C=O) groups excluding carboxylic acids is 1. The van der Waals surface area contributed by atoms with Crippen molar-refractivity contribution >= 4 is 29.0 Å². The monoisotopic (exact) mass is 485 g/mol. The Hall–Kier alpha value is -3.11. The fourth-order valence-corrected chi connectivity index (χ4v) is 4.48. The molecule has 0 bridgehead atoms. The second-order valence-electron chi connectivity index (χ2n) is 8.05. The molecule has 1 atom stereocenters. The minimum atomic E-state index is -0.285. The Kier molecular flexibility index (Phi) is 8.02. The first kappa shape index (κ1) is 24.0. The highest BCUT2D eigenvalue weighted by Crippen LogP contribution is 2.26. The van der Waals surface area contributed by atoms with Gasteiger partial charge in [0.25, 0.3) is 0 Å². The number of benzene rings is 2. The Balaban J connectivity index is 1.43. The molecule has 0 aliphatic carbocycles. The van der Waals surface area contributed by atoms with Crippen molar-refractivity contribution in [3.63, 3.8) is 0 Å². The van der Waals surface area contributed by atoms with E-state index >= 15 is 0 Å². The number of aryl methyl sites for hydroxylation is 1. The third-order valence-corrected chi connectivity index (χ3v) is 6.43. The number of ether oxygens (including phenoxy) is 2. The van der Waals surface area contributed by atoms with E-state index in [1.54, 1.807) is 19.2 Å². The average Bonchev–Trinajstić information content (AvgIpc) is 3.48. The molecular weight excluding hydrogens is 457 g/mol. The van der Waals surface area contributed by atoms with E-state index in [1.807, 2.05) is 29.7 Å². The number of hydrogen-bond donors (Lipinski definition) is 2. The molecule has 0 radical (unpaired) electrons. The van der Waals surface area contributed by atoms with Gasteiger partial charge in [-0.05, 0) is 61.7 Å². The third-order valence-electron chi connectivity index (χ3n) is 5.46. The predicted molar refractivity (Wildman–Crippen MR) is 130 cm³/mol. The first-order chi connectivity index (χ1) is 16.5. The Bertz CT molecular complexity index is 1120. The maximum Gasteiger partial charge on any atom is 0.234 e. The molecule has 1 aliphatic rings. The van der Waals surface area contributed by atoms with Crippen molar-refractivity contribution in [1.29, 1.82) is 0 Å². The Morgan fingerprint density at radius 2 is 2.09 bits per heavy atom. The van der Waals surface area contributed by atoms with E-state index in [1.165, 1.54) is 23.9 Å². The van der Waals surface area contributed by atoms with E-state index in [0.29, 0.717) is 29.7 Å². The number of methoxy groups -OCH3 is 1. The van der Waals surface area contributed by atoms with Gasteiger partial charge in [0.1, 0.15) is 11.6 Å². The van der Waals surface area contributed by atoms with Crippen LogP contribution in [0.15, 0.2) is 47.6 Å². The van der Waals surface area contributed by atoms with E-state index in [0.717, 1.165) is 36.5 Å². The van der Waals surface area contributed by atoms with Crippen LogP contribution in [-0.4, -0.2) is 46.2 Å². The van der Waals surface area contributed by atoms with Crippen LogP contribution in [0.2, 0.25) is 0 Å². The number of hydrogen-bond acceptors (Lipinski definition) is 7. The number of nitrogens with one attached hydrogen (secondary N) is 2. The van der Waals surface area contributed by atoms with Crippen LogP contribution in [-0.2, 0) is 22.6 Å². The molecule has 1 saturated heterocycles. The highest BCUT2D eigenvalue weighted by Gasteiger charge is 2.21. The second kappa shape index (κ2) is 11.3. The van der Waals surface area contributed by atoms with Crippen LogP contribution in [0.4, 0.5) is 15.8 Å². The lowest BCUT2D eigenvalue weighted by molar-refractivity contribution is -0.113. The van der Waals surface area contributed by atoms with Gasteiger partial charge in [-0.3, -0.25) is 4.79 Å². The first-order valence-electron chi connectivity index (χ1n) is 11.1. The molecule has 180 valence electrons. The lowest BCUT2D eigenvalue weighted by atomic mass is 10.2. The molecule has 34 heavy (non-hydrogen) atoms. The number of halogens is 1. The zero-order valence-electron chi connectivity index (χ0n) is 19.2. The molecule has 1 fully saturated rings. The molecule has 4 rings (SSSR count). The number of anilines is 2. The Morgan fingerprint density at radius 1 is 1.26 bits per heavy atom. The van der Waals surface area contributed by atoms with Crippen LogP contribution < -0.4 is 15.4 Å². The SMILES string of the molecule is COc1ccc(C)cc1NC(=O)CSc1nnc(CNc2ccc(F)cc2)n1C[C@@H]1CCCO1. The molecule has 1 aromatic heterocycles. The molecule has 2 aromatic carbocycles. The first-order valence-corrected chi connectivity index (χ1v) is 12.1. The van der Waals surface area contributed by atoms with Crippen molar-refractivity contribution in [2.24, 2.45) is 0 Å². The van der Waals surface area contributed by atoms with Gasteiger partial charge in [0.15, 0.2) is 11.0 Å². The van der Waals surface area contributed by atoms with E-state index in [2.05, 4.69) is 20.8 Å². The van der Waals surface area contributed by atoms with Gasteiger partial charge in [0.2, 0.25) is 5.91 Å². The highest BCUT2D eigenvalue weighted by molar-refractivity contribution is 7.99. The number of carbonyl (C=O) groups is 1. The summed E-state index contributed by atoms with van der Waals surface area (Å²) in [6.45, 7) is 3.74. The minimum absolute atomic E-state index is 0.0882. The molecule has 0 unspecified atom stereocenters. The zero-order chi connectivity index (χ0) is 23.9. The normalized spacial score (nSPS) is 15.3. The smallest absolute Gasteiger partial charge is 0.234 e. The number of rotatable bonds is 10. The van der Waals surface area contributed by atoms with Gasteiger partial charge in [0, 0.05) is 12.3 Å². The molecule has 3 aromatic rings. The summed E-state index contributed by atoms with van der Waals surface area (Å²) in [7, 11) is 1.57. The minimum Gasteiger partial charge on any atom is -0.495 e. The predicted octanol–water partition coefficient (Wildman–Crippen LogP) is 4.26. The maximum atomic E-state index is 13.2. The van der Waals surface area contributed by atoms with Gasteiger partial charge in [0.05, 0.1) is 37.7 Å². The largest absolute Gasteiger partial charge is 0.495 e. The van der Waals surface area contributed by atoms with Crippen LogP contribution in [0.5, 0.6) is 5.75 Å². The fourth-order valence-electron chi connectivity index (χ4n) is 3.72. The third kappa shape index (κ3) is 6.27. The van der Waals surface area contributed by atoms with Gasteiger partial charge >= 0.3 is 0 Å². The van der Waals surface area contributed by atoms with Gasteiger partial charge in [-0.2, -0.15) is 0 Å². The van der Waals surface area contributed by atoms with Crippen molar-refractivity contribution in [2.45, 2.75) is 44.1 Å². The lowest BCUT2D eigenvalue weighted by Gasteiger charge is -2.15. The molecule has 0 saturated carbocycles. The molecule has 0 spiro atoms. The van der Waals surface area contributed by atoms with Crippen LogP contribution in [0.1, 0.15) is 24.2 Å². The summed E-state index contributed by atoms with van der Waals surface area (Å²) < 4.78 is 26.3. The van der Waals surface area contributed by atoms with E-state index < -0.39 is 0 Å². The van der Waals surface area contributed by atoms with Crippen molar-refractivity contribution in [3.8, 4) is 5.75 Å². The Morgan fingerprint density at radius 3 is 2.82 bits per heavy atom. The van der Waals surface area contributed by atoms with Crippen molar-refractivity contribution in [2.75, 3.05) is 30.1 Å². The number of amides is 1. The van der Waals surface area contributed by atoms with Crippen LogP contribution >= 0.6 is 11.8 Å². The second-order valence-corrected chi connectivity index (χ2v) is 8.99. The molecule has 2 heterocycles. The van der Waals surface area contributed by atoms with Crippen LogP contribution in [0.25, 0.3) is 0 Å². The quantitative estimate of drug-likeness (QED) is 0.415. The van der Waals surface area contributed by atoms with E-state index in [4.69, 9.17) is 9.47 Å². The topological polar surface area (TPSA) is 90.3 Å². The van der Waals surface area contributed by atoms with Crippen molar-refractivity contribution in [1.82, 2.24) is 14.8 Å². The lowest BCUT2D eigenvalue weighted by Crippen LogP contribution is -2.20. The zero-order valence-corrected chi connectivity index (χ0v) is 20.0. The molecule has 2 N–H and O–H groups in total. The standard InChI is InChI=1S/C24H28FN5O3S/c1-16-5-10-21(32-2)20(12-16)27-23(31)15-34-24-29-28-22(30(24)14-19-4-3-11-33-19)13-26-18-8-6-17(25)7-9-18/h5-10,12,19,26H,3-4,11,13-15H2,1-2H3,(H,27,31)/t19-/m0/s1. The molecule has 1 amide bonds. The number of nitrogens with zero attached hydrogens (tertiary/aromatic N) is 3. The van der Waals surface area contributed by atoms with Gasteiger partial charge < -0.3 is 24.7 Å². The summed E-state index contributed by atoms with van der Waals surface area (Å²) in [5, 5.41) is 15.5. The highest BCUT2D eigenvalue weighted by atomic mass is 32.2. The number of thioether (sulfide) groups is 1. The van der Waals surface area contributed by atoms with E-state index in [9.17, 15) is 9.18 Å². The summed E-state index contributed by atoms with van der Waals surface area (Å²) in [6, 6.07) is 11.8. The van der Waals surface area contributed by atoms with Crippen molar-refractivity contribution < 1.29 is 18.7 Å². The van der Waals surface area contributed by atoms with Gasteiger partial charge in [-0.25, -0.2) is 4.39 Å². The van der Waals surface area contributed by atoms with Gasteiger partial charge in [-0.15, -0.1) is 10.2 Å². The van der Waals surface area contributed by atoms with Gasteiger partial charge in [-0.1, -0.05) is 17.8 Å². The van der Waals surface area contributed by atoms with Crippen LogP contribution in [0, 0.1) is 12.7 Å². The van der Waals surface area contributed by atoms with Crippen LogP contribution in [0.3, 0.4) is 0 Å². The summed E-state index contributed by atoms with van der Waals surface area (Å²) >= 11 is 1.32. The average molecular weight is 486 g/mol. The summed E-state index contributed by atoms with van der Waals surface area (Å²) in [5.41, 5.74) is 2.45. The summed E-state index contributed by atoms with van der Waals surface area (Å²) in [6.07, 6.45) is 2.09. The molecular formula is C24H28FN5O3S. The summed E-state index contributed by atoms with van der Waals surface area (Å²) in [5.74, 6) is 1.06.